The summed E-state index contributed by atoms with van der Waals surface area (Å²) in [6.07, 6.45) is 3.04. The zero-order chi connectivity index (χ0) is 28.9. The number of hydrogen-bond acceptors (Lipinski definition) is 10. The van der Waals surface area contributed by atoms with Crippen molar-refractivity contribution in [1.82, 2.24) is 35.8 Å². The first-order valence-electron chi connectivity index (χ1n) is 12.2. The molecule has 3 amide bonds. The third-order valence-corrected chi connectivity index (χ3v) is 5.56. The Hall–Kier alpha value is -4.40. The fourth-order valence-electron chi connectivity index (χ4n) is 3.62. The van der Waals surface area contributed by atoms with E-state index in [0.717, 1.165) is 12.8 Å². The van der Waals surface area contributed by atoms with Crippen LogP contribution in [0.25, 0.3) is 11.3 Å². The highest BCUT2D eigenvalue weighted by Gasteiger charge is 2.30. The van der Waals surface area contributed by atoms with E-state index in [4.69, 9.17) is 33.4 Å². The van der Waals surface area contributed by atoms with Crippen molar-refractivity contribution in [2.75, 3.05) is 30.9 Å². The second kappa shape index (κ2) is 12.2. The van der Waals surface area contributed by atoms with E-state index in [1.165, 1.54) is 24.2 Å². The lowest BCUT2D eigenvalue weighted by Crippen LogP contribution is -2.50. The molecule has 17 heteroatoms. The van der Waals surface area contributed by atoms with Gasteiger partial charge in [-0.05, 0) is 25.0 Å². The summed E-state index contributed by atoms with van der Waals surface area (Å²) in [5, 5.41) is 33.7. The van der Waals surface area contributed by atoms with Crippen LogP contribution in [0.1, 0.15) is 23.3 Å². The predicted molar refractivity (Wildman–Crippen MR) is 146 cm³/mol. The minimum atomic E-state index is -2.02. The highest BCUT2D eigenvalue weighted by Crippen LogP contribution is 2.37. The maximum Gasteiger partial charge on any atom is 0.272 e. The lowest BCUT2D eigenvalue weighted by Gasteiger charge is -2.23. The monoisotopic (exact) mass is 539 g/mol. The third kappa shape index (κ3) is 7.37. The summed E-state index contributed by atoms with van der Waals surface area (Å²) in [6, 6.07) is 6.55. The van der Waals surface area contributed by atoms with E-state index in [2.05, 4.69) is 41.7 Å². The number of hydrogen-bond donors (Lipinski definition) is 5. The first kappa shape index (κ1) is 28.6. The average Bonchev–Trinajstić information content (AvgIpc) is 3.65. The molecule has 2 heterocycles. The summed E-state index contributed by atoms with van der Waals surface area (Å²) in [5.41, 5.74) is 1.26. The van der Waals surface area contributed by atoms with Gasteiger partial charge in [-0.3, -0.25) is 14.4 Å². The van der Waals surface area contributed by atoms with E-state index in [-0.39, 0.29) is 54.6 Å². The van der Waals surface area contributed by atoms with Crippen LogP contribution < -0.4 is 26.0 Å². The minimum absolute atomic E-state index is 0.0838. The highest BCUT2D eigenvalue weighted by atomic mass is 16.5. The number of aliphatic hydroxyl groups excluding tert-OH is 1. The van der Waals surface area contributed by atoms with Gasteiger partial charge in [-0.2, -0.15) is 15.0 Å². The van der Waals surface area contributed by atoms with Crippen molar-refractivity contribution in [2.24, 2.45) is 5.92 Å². The summed E-state index contributed by atoms with van der Waals surface area (Å²) >= 11 is 0. The van der Waals surface area contributed by atoms with E-state index in [1.807, 2.05) is 0 Å². The van der Waals surface area contributed by atoms with Gasteiger partial charge in [0.15, 0.2) is 17.3 Å². The number of nitrogens with one attached hydrogen (secondary N) is 4. The number of aliphatic hydroxyl groups is 1. The molecule has 1 aliphatic carbocycles. The SMILES string of the molecule is [B]C([B])([B])NC(=O)c1nnc(NC(=O)C2CC2)cc1Nc1cccc(-c2cnn(CC(=O)NCCO)n2)c1OC. The van der Waals surface area contributed by atoms with Gasteiger partial charge in [0, 0.05) is 24.1 Å². The van der Waals surface area contributed by atoms with Crippen LogP contribution in [0, 0.1) is 5.92 Å². The number of amides is 3. The van der Waals surface area contributed by atoms with Crippen LogP contribution in [-0.2, 0) is 16.1 Å². The zero-order valence-electron chi connectivity index (χ0n) is 21.5. The van der Waals surface area contributed by atoms with Crippen LogP contribution in [-0.4, -0.2) is 97.1 Å². The van der Waals surface area contributed by atoms with Gasteiger partial charge in [0.1, 0.15) is 12.2 Å². The number of nitrogens with zero attached hydrogens (tertiary/aromatic N) is 5. The van der Waals surface area contributed by atoms with Gasteiger partial charge in [0.05, 0.1) is 54.8 Å². The van der Waals surface area contributed by atoms with Gasteiger partial charge < -0.3 is 31.1 Å². The van der Waals surface area contributed by atoms with Crippen LogP contribution in [0.4, 0.5) is 17.2 Å². The largest absolute Gasteiger partial charge is 0.494 e. The minimum Gasteiger partial charge on any atom is -0.494 e. The van der Waals surface area contributed by atoms with Gasteiger partial charge in [0.25, 0.3) is 5.91 Å². The summed E-state index contributed by atoms with van der Waals surface area (Å²) in [7, 11) is 18.0. The number of rotatable bonds is 12. The topological polar surface area (TPSA) is 185 Å². The standard InChI is InChI=1S/C23H24B3N9O5/c1-40-20-13(16-10-28-35(34-16)11-18(37)27-7-8-36)3-2-4-14(20)29-15-9-17(30-21(38)12-5-6-12)32-33-19(15)22(39)31-23(24,25)26/h2-4,9-10,12,36H,5-8,11H2,1H3,(H,27,37)(H,31,39)(H2,29,30,32,38). The van der Waals surface area contributed by atoms with Crippen LogP contribution in [0.15, 0.2) is 30.5 Å². The van der Waals surface area contributed by atoms with E-state index >= 15 is 0 Å². The van der Waals surface area contributed by atoms with Crippen LogP contribution >= 0.6 is 0 Å². The molecule has 40 heavy (non-hydrogen) atoms. The number of aromatic nitrogens is 5. The zero-order valence-corrected chi connectivity index (χ0v) is 21.5. The molecule has 0 saturated heterocycles. The van der Waals surface area contributed by atoms with Crippen molar-refractivity contribution in [3.05, 3.63) is 36.2 Å². The van der Waals surface area contributed by atoms with Crippen molar-refractivity contribution in [1.29, 1.82) is 0 Å². The summed E-state index contributed by atoms with van der Waals surface area (Å²) in [4.78, 5) is 38.3. The van der Waals surface area contributed by atoms with Crippen LogP contribution in [0.2, 0.25) is 0 Å². The number of benzene rings is 1. The predicted octanol–water partition coefficient (Wildman–Crippen LogP) is -1.21. The molecule has 6 radical (unpaired) electrons. The quantitative estimate of drug-likeness (QED) is 0.175. The molecule has 3 aromatic rings. The molecule has 1 aromatic carbocycles. The first-order chi connectivity index (χ1) is 19.1. The molecule has 2 aromatic heterocycles. The van der Waals surface area contributed by atoms with Gasteiger partial charge in [0.2, 0.25) is 11.8 Å². The fraction of sp³-hybridized carbons (Fsp3) is 0.348. The lowest BCUT2D eigenvalue weighted by atomic mass is 9.49. The Balaban J connectivity index is 1.65. The Morgan fingerprint density at radius 3 is 2.62 bits per heavy atom. The molecule has 0 aliphatic heterocycles. The van der Waals surface area contributed by atoms with E-state index in [9.17, 15) is 14.4 Å². The summed E-state index contributed by atoms with van der Waals surface area (Å²) in [5.74, 6) is -1.02. The molecule has 14 nitrogen and oxygen atoms in total. The Morgan fingerprint density at radius 2 is 1.95 bits per heavy atom. The number of methoxy groups -OCH3 is 1. The van der Waals surface area contributed by atoms with Crippen LogP contribution in [0.3, 0.4) is 0 Å². The van der Waals surface area contributed by atoms with Crippen molar-refractivity contribution < 1.29 is 24.2 Å². The summed E-state index contributed by atoms with van der Waals surface area (Å²) < 4.78 is 5.65. The molecule has 0 atom stereocenters. The molecule has 1 saturated carbocycles. The van der Waals surface area contributed by atoms with Crippen LogP contribution in [0.5, 0.6) is 5.75 Å². The van der Waals surface area contributed by atoms with E-state index in [1.54, 1.807) is 18.2 Å². The first-order valence-corrected chi connectivity index (χ1v) is 12.2. The molecule has 1 aliphatic rings. The molecule has 5 N–H and O–H groups in total. The second-order valence-electron chi connectivity index (χ2n) is 8.99. The number of para-hydroxylation sites is 1. The van der Waals surface area contributed by atoms with Gasteiger partial charge in [-0.1, -0.05) is 11.3 Å². The maximum atomic E-state index is 12.8. The molecule has 0 unspecified atom stereocenters. The third-order valence-electron chi connectivity index (χ3n) is 5.56. The van der Waals surface area contributed by atoms with E-state index < -0.39 is 11.1 Å². The van der Waals surface area contributed by atoms with Crippen molar-refractivity contribution in [2.45, 2.75) is 24.6 Å². The van der Waals surface area contributed by atoms with Gasteiger partial charge in [-0.25, -0.2) is 0 Å². The van der Waals surface area contributed by atoms with E-state index in [0.29, 0.717) is 22.7 Å². The van der Waals surface area contributed by atoms with Gasteiger partial charge in [-0.15, -0.1) is 10.2 Å². The molecule has 1 fully saturated rings. The lowest BCUT2D eigenvalue weighted by molar-refractivity contribution is -0.122. The number of anilines is 3. The number of carbonyl (C=O) groups excluding carboxylic acids is 3. The Morgan fingerprint density at radius 1 is 1.18 bits per heavy atom. The number of carbonyl (C=O) groups is 3. The maximum absolute atomic E-state index is 12.8. The highest BCUT2D eigenvalue weighted by molar-refractivity contribution is 6.60. The van der Waals surface area contributed by atoms with Gasteiger partial charge >= 0.3 is 0 Å². The van der Waals surface area contributed by atoms with Crippen molar-refractivity contribution in [3.63, 3.8) is 0 Å². The molecule has 200 valence electrons. The number of ether oxygens (including phenoxy) is 1. The van der Waals surface area contributed by atoms with Crippen molar-refractivity contribution in [3.8, 4) is 17.0 Å². The smallest absolute Gasteiger partial charge is 0.272 e. The summed E-state index contributed by atoms with van der Waals surface area (Å²) in [6.45, 7) is -0.217. The molecular weight excluding hydrogens is 515 g/mol. The Labute approximate surface area is 233 Å². The second-order valence-corrected chi connectivity index (χ2v) is 8.99. The normalized spacial score (nSPS) is 12.8. The Kier molecular flexibility index (Phi) is 8.72. The molecule has 0 spiro atoms. The molecule has 4 rings (SSSR count). The molecular formula is C23H24B3N9O5. The van der Waals surface area contributed by atoms with Crippen molar-refractivity contribution >= 4 is 58.5 Å². The molecule has 0 bridgehead atoms. The Bertz CT molecular complexity index is 1410. The average molecular weight is 539 g/mol. The fourth-order valence-corrected chi connectivity index (χ4v) is 3.62.